The van der Waals surface area contributed by atoms with Gasteiger partial charge in [0.2, 0.25) is 0 Å². The Morgan fingerprint density at radius 1 is 1.54 bits per heavy atom. The van der Waals surface area contributed by atoms with Crippen molar-refractivity contribution in [1.82, 2.24) is 0 Å². The van der Waals surface area contributed by atoms with Crippen LogP contribution in [0.25, 0.3) is 0 Å². The van der Waals surface area contributed by atoms with E-state index >= 15 is 0 Å². The van der Waals surface area contributed by atoms with Crippen LogP contribution < -0.4 is 0 Å². The number of carbonyl (C=O) groups is 1. The molecule has 1 saturated heterocycles. The van der Waals surface area contributed by atoms with Gasteiger partial charge in [0.15, 0.2) is 11.4 Å². The molecule has 2 unspecified atom stereocenters. The lowest BCUT2D eigenvalue weighted by atomic mass is 9.94. The van der Waals surface area contributed by atoms with Crippen molar-refractivity contribution in [1.29, 1.82) is 0 Å². The number of fused-ring (bicyclic) bond motifs is 1. The first-order chi connectivity index (χ1) is 6.15. The number of rotatable bonds is 3. The lowest BCUT2D eigenvalue weighted by Crippen LogP contribution is -2.23. The van der Waals surface area contributed by atoms with E-state index in [4.69, 9.17) is 4.74 Å². The monoisotopic (exact) mass is 180 g/mol. The molecule has 1 saturated carbocycles. The van der Waals surface area contributed by atoms with Gasteiger partial charge in [-0.05, 0) is 19.8 Å². The van der Waals surface area contributed by atoms with Gasteiger partial charge in [-0.2, -0.15) is 0 Å². The maximum absolute atomic E-state index is 11.6. The second-order valence-corrected chi connectivity index (χ2v) is 4.17. The topological polar surface area (TPSA) is 29.6 Å². The minimum atomic E-state index is -0.418. The van der Waals surface area contributed by atoms with Crippen molar-refractivity contribution in [3.8, 4) is 0 Å². The second kappa shape index (κ2) is 2.68. The zero-order chi connectivity index (χ0) is 9.53. The molecular weight excluding hydrogens is 164 g/mol. The van der Waals surface area contributed by atoms with E-state index in [2.05, 4.69) is 26.0 Å². The van der Waals surface area contributed by atoms with Crippen LogP contribution in [-0.4, -0.2) is 17.0 Å². The molecule has 0 aromatic rings. The van der Waals surface area contributed by atoms with Crippen molar-refractivity contribution >= 4 is 5.78 Å². The van der Waals surface area contributed by atoms with E-state index < -0.39 is 5.60 Å². The average Bonchev–Trinajstić information content (AvgIpc) is 2.63. The van der Waals surface area contributed by atoms with Gasteiger partial charge in [-0.25, -0.2) is 0 Å². The number of allylic oxidation sites excluding steroid dienone is 1. The van der Waals surface area contributed by atoms with E-state index in [0.29, 0.717) is 12.2 Å². The summed E-state index contributed by atoms with van der Waals surface area (Å²) in [5.41, 5.74) is -0.541. The third kappa shape index (κ3) is 1.08. The molecule has 1 aliphatic carbocycles. The predicted octanol–water partition coefficient (Wildman–Crippen LogP) is 2.23. The molecule has 0 aromatic carbocycles. The highest BCUT2D eigenvalue weighted by molar-refractivity contribution is 5.95. The normalized spacial score (nSPS) is 42.8. The van der Waals surface area contributed by atoms with E-state index in [0.717, 1.165) is 19.3 Å². The summed E-state index contributed by atoms with van der Waals surface area (Å²) in [6.07, 6.45) is 7.59. The van der Waals surface area contributed by atoms with Gasteiger partial charge in [-0.1, -0.05) is 19.1 Å². The maximum Gasteiger partial charge on any atom is 0.168 e. The van der Waals surface area contributed by atoms with Gasteiger partial charge in [0.1, 0.15) is 5.60 Å². The SMILES string of the molecule is CC/C=C\CC12OC1(C)CCC2=O. The first-order valence-electron chi connectivity index (χ1n) is 5.03. The zero-order valence-corrected chi connectivity index (χ0v) is 8.30. The Bertz CT molecular complexity index is 269. The fourth-order valence-electron chi connectivity index (χ4n) is 2.31. The standard InChI is InChI=1S/C11H16O2/c1-3-4-5-7-11-9(12)6-8-10(11,2)13-11/h4-5H,3,6-8H2,1-2H3/b5-4-. The fourth-order valence-corrected chi connectivity index (χ4v) is 2.31. The fraction of sp³-hybridized carbons (Fsp3) is 0.727. The molecule has 2 nitrogen and oxygen atoms in total. The third-order valence-corrected chi connectivity index (χ3v) is 3.30. The molecule has 0 radical (unpaired) electrons. The molecule has 0 aromatic heterocycles. The first kappa shape index (κ1) is 8.95. The summed E-state index contributed by atoms with van der Waals surface area (Å²) in [5.74, 6) is 0.302. The summed E-state index contributed by atoms with van der Waals surface area (Å²) in [7, 11) is 0. The smallest absolute Gasteiger partial charge is 0.168 e. The van der Waals surface area contributed by atoms with Gasteiger partial charge >= 0.3 is 0 Å². The van der Waals surface area contributed by atoms with E-state index in [1.165, 1.54) is 0 Å². The highest BCUT2D eigenvalue weighted by Crippen LogP contribution is 2.59. The van der Waals surface area contributed by atoms with Crippen LogP contribution in [0.4, 0.5) is 0 Å². The molecular formula is C11H16O2. The Morgan fingerprint density at radius 3 is 2.77 bits per heavy atom. The van der Waals surface area contributed by atoms with Crippen molar-refractivity contribution in [3.63, 3.8) is 0 Å². The van der Waals surface area contributed by atoms with Crippen molar-refractivity contribution < 1.29 is 9.53 Å². The van der Waals surface area contributed by atoms with Gasteiger partial charge in [0, 0.05) is 12.8 Å². The molecule has 0 spiro atoms. The van der Waals surface area contributed by atoms with Crippen LogP contribution >= 0.6 is 0 Å². The lowest BCUT2D eigenvalue weighted by Gasteiger charge is -2.03. The highest BCUT2D eigenvalue weighted by atomic mass is 16.6. The minimum Gasteiger partial charge on any atom is -0.354 e. The average molecular weight is 180 g/mol. The van der Waals surface area contributed by atoms with E-state index in [-0.39, 0.29) is 5.60 Å². The van der Waals surface area contributed by atoms with Gasteiger partial charge in [0.05, 0.1) is 0 Å². The van der Waals surface area contributed by atoms with Crippen LogP contribution in [0.3, 0.4) is 0 Å². The van der Waals surface area contributed by atoms with Crippen molar-refractivity contribution in [2.75, 3.05) is 0 Å². The number of hydrogen-bond acceptors (Lipinski definition) is 2. The molecule has 2 heteroatoms. The number of ketones is 1. The Kier molecular flexibility index (Phi) is 1.84. The molecule has 2 aliphatic rings. The highest BCUT2D eigenvalue weighted by Gasteiger charge is 2.73. The van der Waals surface area contributed by atoms with Gasteiger partial charge in [0.25, 0.3) is 0 Å². The zero-order valence-electron chi connectivity index (χ0n) is 8.30. The van der Waals surface area contributed by atoms with E-state index in [9.17, 15) is 4.79 Å². The quantitative estimate of drug-likeness (QED) is 0.492. The molecule has 2 fully saturated rings. The Balaban J connectivity index is 2.06. The molecule has 0 bridgehead atoms. The van der Waals surface area contributed by atoms with Crippen molar-refractivity contribution in [3.05, 3.63) is 12.2 Å². The van der Waals surface area contributed by atoms with Crippen LogP contribution in [-0.2, 0) is 9.53 Å². The minimum absolute atomic E-state index is 0.123. The van der Waals surface area contributed by atoms with Gasteiger partial charge < -0.3 is 4.74 Å². The molecule has 13 heavy (non-hydrogen) atoms. The van der Waals surface area contributed by atoms with Gasteiger partial charge in [-0.15, -0.1) is 0 Å². The summed E-state index contributed by atoms with van der Waals surface area (Å²) in [6, 6.07) is 0. The van der Waals surface area contributed by atoms with Crippen LogP contribution in [0.1, 0.15) is 39.5 Å². The molecule has 2 rings (SSSR count). The summed E-state index contributed by atoms with van der Waals surface area (Å²) >= 11 is 0. The second-order valence-electron chi connectivity index (χ2n) is 4.17. The molecule has 72 valence electrons. The maximum atomic E-state index is 11.6. The summed E-state index contributed by atoms with van der Waals surface area (Å²) in [4.78, 5) is 11.6. The number of ether oxygens (including phenoxy) is 1. The van der Waals surface area contributed by atoms with E-state index in [1.54, 1.807) is 0 Å². The van der Waals surface area contributed by atoms with Crippen LogP contribution in [0.5, 0.6) is 0 Å². The lowest BCUT2D eigenvalue weighted by molar-refractivity contribution is -0.123. The Hall–Kier alpha value is -0.630. The van der Waals surface area contributed by atoms with Crippen LogP contribution in [0, 0.1) is 0 Å². The summed E-state index contributed by atoms with van der Waals surface area (Å²) in [5, 5.41) is 0. The molecule has 0 N–H and O–H groups in total. The number of Topliss-reactive ketones (excluding diaryl/α,β-unsaturated/α-hetero) is 1. The summed E-state index contributed by atoms with van der Waals surface area (Å²) < 4.78 is 5.59. The molecule has 2 atom stereocenters. The molecule has 0 amide bonds. The van der Waals surface area contributed by atoms with E-state index in [1.807, 2.05) is 0 Å². The third-order valence-electron chi connectivity index (χ3n) is 3.30. The molecule has 1 aliphatic heterocycles. The number of epoxide rings is 1. The van der Waals surface area contributed by atoms with Crippen molar-refractivity contribution in [2.45, 2.75) is 50.7 Å². The van der Waals surface area contributed by atoms with Crippen LogP contribution in [0.15, 0.2) is 12.2 Å². The Labute approximate surface area is 79.0 Å². The predicted molar refractivity (Wildman–Crippen MR) is 50.5 cm³/mol. The number of hydrogen-bond donors (Lipinski definition) is 0. The summed E-state index contributed by atoms with van der Waals surface area (Å²) in [6.45, 7) is 4.15. The largest absolute Gasteiger partial charge is 0.354 e. The first-order valence-corrected chi connectivity index (χ1v) is 5.03. The molecule has 1 heterocycles. The Morgan fingerprint density at radius 2 is 2.31 bits per heavy atom. The van der Waals surface area contributed by atoms with Crippen LogP contribution in [0.2, 0.25) is 0 Å². The van der Waals surface area contributed by atoms with Gasteiger partial charge in [-0.3, -0.25) is 4.79 Å². The van der Waals surface area contributed by atoms with Crippen molar-refractivity contribution in [2.24, 2.45) is 0 Å². The number of carbonyl (C=O) groups excluding carboxylic acids is 1.